The van der Waals surface area contributed by atoms with Crippen LogP contribution in [0.1, 0.15) is 39.0 Å². The number of hydrogen-bond acceptors (Lipinski definition) is 3. The maximum atomic E-state index is 10.9. The topological polar surface area (TPSA) is 43.7 Å². The molecule has 1 spiro atoms. The summed E-state index contributed by atoms with van der Waals surface area (Å²) in [4.78, 5) is 2.62. The molecule has 6 bridgehead atoms. The van der Waals surface area contributed by atoms with E-state index in [1.54, 1.807) is 0 Å². The quantitative estimate of drug-likeness (QED) is 0.691. The van der Waals surface area contributed by atoms with Gasteiger partial charge < -0.3 is 10.2 Å². The highest BCUT2D eigenvalue weighted by molar-refractivity contribution is 5.31. The summed E-state index contributed by atoms with van der Waals surface area (Å²) in [6.07, 6.45) is 5.43. The van der Waals surface area contributed by atoms with Crippen molar-refractivity contribution in [2.45, 2.75) is 56.8 Å². The molecule has 5 fully saturated rings. The molecule has 2 aliphatic heterocycles. The van der Waals surface area contributed by atoms with Crippen LogP contribution in [0.25, 0.3) is 0 Å². The van der Waals surface area contributed by atoms with E-state index in [-0.39, 0.29) is 23.2 Å². The lowest BCUT2D eigenvalue weighted by molar-refractivity contribution is -0.195. The lowest BCUT2D eigenvalue weighted by Crippen LogP contribution is -2.71. The van der Waals surface area contributed by atoms with Crippen molar-refractivity contribution in [2.24, 2.45) is 29.1 Å². The number of β-amino-alcohol motifs (C(OH)–C–C–N with tert-alkyl or cyclic N) is 1. The first-order valence-electron chi connectivity index (χ1n) is 8.19. The fraction of sp³-hybridized carbons (Fsp3) is 1.00. The van der Waals surface area contributed by atoms with Crippen LogP contribution >= 0.6 is 0 Å². The third-order valence-corrected chi connectivity index (χ3v) is 7.75. The Hall–Kier alpha value is -0.120. The fourth-order valence-corrected chi connectivity index (χ4v) is 7.70. The summed E-state index contributed by atoms with van der Waals surface area (Å²) in [6, 6.07) is 0. The van der Waals surface area contributed by atoms with E-state index in [0.29, 0.717) is 5.92 Å². The van der Waals surface area contributed by atoms with Crippen LogP contribution < -0.4 is 0 Å². The van der Waals surface area contributed by atoms with Crippen molar-refractivity contribution >= 4 is 0 Å². The largest absolute Gasteiger partial charge is 0.392 e. The van der Waals surface area contributed by atoms with Crippen LogP contribution in [-0.4, -0.2) is 45.9 Å². The van der Waals surface area contributed by atoms with Gasteiger partial charge in [-0.25, -0.2) is 0 Å². The van der Waals surface area contributed by atoms with Gasteiger partial charge in [0, 0.05) is 24.0 Å². The van der Waals surface area contributed by atoms with Gasteiger partial charge >= 0.3 is 0 Å². The lowest BCUT2D eigenvalue weighted by atomic mass is 9.48. The van der Waals surface area contributed by atoms with Crippen LogP contribution in [0.15, 0.2) is 0 Å². The standard InChI is InChI=1S/C16H25NO2/c1-9-2-10-3-14(19)15-6-12(18)8-17-7-11(15)4-13(10)16(15,17)5-9/h9-14,18-19H,2-8H2,1H3/t9?,10?,11-,12?,13?,14?,15?,16-/m1/s1. The van der Waals surface area contributed by atoms with E-state index in [1.165, 1.54) is 19.3 Å². The zero-order valence-corrected chi connectivity index (χ0v) is 11.8. The second-order valence-electron chi connectivity index (χ2n) is 8.32. The average molecular weight is 263 g/mol. The third-order valence-electron chi connectivity index (χ3n) is 7.75. The van der Waals surface area contributed by atoms with Crippen molar-refractivity contribution in [3.63, 3.8) is 0 Å². The van der Waals surface area contributed by atoms with Gasteiger partial charge in [-0.2, -0.15) is 0 Å². The minimum absolute atomic E-state index is 0.0422. The van der Waals surface area contributed by atoms with Crippen LogP contribution in [0.4, 0.5) is 0 Å². The molecule has 0 aromatic carbocycles. The van der Waals surface area contributed by atoms with Gasteiger partial charge in [0.1, 0.15) is 0 Å². The van der Waals surface area contributed by atoms with E-state index < -0.39 is 0 Å². The molecule has 0 aromatic rings. The fourth-order valence-electron chi connectivity index (χ4n) is 7.70. The summed E-state index contributed by atoms with van der Waals surface area (Å²) in [5.41, 5.74) is 0.303. The molecule has 3 saturated carbocycles. The maximum absolute atomic E-state index is 10.9. The Bertz CT molecular complexity index is 440. The summed E-state index contributed by atoms with van der Waals surface area (Å²) in [7, 11) is 0. The van der Waals surface area contributed by atoms with E-state index in [9.17, 15) is 10.2 Å². The zero-order valence-electron chi connectivity index (χ0n) is 11.8. The summed E-state index contributed by atoms with van der Waals surface area (Å²) in [6.45, 7) is 4.41. The van der Waals surface area contributed by atoms with Crippen LogP contribution in [0.5, 0.6) is 0 Å². The SMILES string of the molecule is CC1CC2CC(O)C34CC(O)CN5C[C@H]3CC2[C@@]54C1. The molecule has 2 saturated heterocycles. The van der Waals surface area contributed by atoms with E-state index in [0.717, 1.165) is 43.7 Å². The van der Waals surface area contributed by atoms with Crippen LogP contribution in [0, 0.1) is 29.1 Å². The minimum atomic E-state index is -0.210. The molecule has 5 rings (SSSR count). The Morgan fingerprint density at radius 2 is 1.89 bits per heavy atom. The molecule has 5 aliphatic rings. The number of rotatable bonds is 0. The van der Waals surface area contributed by atoms with Crippen LogP contribution in [0.3, 0.4) is 0 Å². The van der Waals surface area contributed by atoms with E-state index >= 15 is 0 Å². The summed E-state index contributed by atoms with van der Waals surface area (Å²) >= 11 is 0. The predicted octanol–water partition coefficient (Wildman–Crippen LogP) is 1.24. The minimum Gasteiger partial charge on any atom is -0.392 e. The molecule has 19 heavy (non-hydrogen) atoms. The summed E-state index contributed by atoms with van der Waals surface area (Å²) in [5, 5.41) is 21.2. The molecule has 3 aliphatic carbocycles. The van der Waals surface area contributed by atoms with Gasteiger partial charge in [0.25, 0.3) is 0 Å². The van der Waals surface area contributed by atoms with E-state index in [4.69, 9.17) is 0 Å². The van der Waals surface area contributed by atoms with Gasteiger partial charge in [-0.15, -0.1) is 0 Å². The van der Waals surface area contributed by atoms with Crippen molar-refractivity contribution in [3.05, 3.63) is 0 Å². The summed E-state index contributed by atoms with van der Waals surface area (Å²) in [5.74, 6) is 3.01. The van der Waals surface area contributed by atoms with Gasteiger partial charge in [0.15, 0.2) is 0 Å². The number of nitrogens with zero attached hydrogens (tertiary/aromatic N) is 1. The van der Waals surface area contributed by atoms with Gasteiger partial charge in [-0.05, 0) is 55.8 Å². The molecule has 2 N–H and O–H groups in total. The van der Waals surface area contributed by atoms with Crippen molar-refractivity contribution < 1.29 is 10.2 Å². The molecule has 2 heterocycles. The monoisotopic (exact) mass is 263 g/mol. The molecule has 9 atom stereocenters. The molecular formula is C16H25NO2. The first-order chi connectivity index (χ1) is 9.08. The third kappa shape index (κ3) is 1.01. The molecule has 0 aromatic heterocycles. The molecule has 0 amide bonds. The van der Waals surface area contributed by atoms with Gasteiger partial charge in [0.05, 0.1) is 12.2 Å². The Morgan fingerprint density at radius 1 is 1.05 bits per heavy atom. The molecule has 106 valence electrons. The molecule has 3 heteroatoms. The highest BCUT2D eigenvalue weighted by Gasteiger charge is 2.79. The van der Waals surface area contributed by atoms with Gasteiger partial charge in [-0.1, -0.05) is 6.92 Å². The Morgan fingerprint density at radius 3 is 2.74 bits per heavy atom. The lowest BCUT2D eigenvalue weighted by Gasteiger charge is -2.65. The van der Waals surface area contributed by atoms with Gasteiger partial charge in [-0.3, -0.25) is 4.90 Å². The second kappa shape index (κ2) is 3.20. The summed E-state index contributed by atoms with van der Waals surface area (Å²) < 4.78 is 0. The highest BCUT2D eigenvalue weighted by Crippen LogP contribution is 2.75. The Balaban J connectivity index is 1.73. The smallest absolute Gasteiger partial charge is 0.0674 e. The van der Waals surface area contributed by atoms with Crippen LogP contribution in [0.2, 0.25) is 0 Å². The first kappa shape index (κ1) is 11.5. The van der Waals surface area contributed by atoms with Crippen molar-refractivity contribution in [1.29, 1.82) is 0 Å². The van der Waals surface area contributed by atoms with Crippen molar-refractivity contribution in [2.75, 3.05) is 13.1 Å². The highest BCUT2D eigenvalue weighted by atomic mass is 16.3. The predicted molar refractivity (Wildman–Crippen MR) is 71.5 cm³/mol. The molecule has 7 unspecified atom stereocenters. The van der Waals surface area contributed by atoms with E-state index in [2.05, 4.69) is 11.8 Å². The number of hydrogen-bond donors (Lipinski definition) is 2. The zero-order chi connectivity index (χ0) is 13.0. The molecular weight excluding hydrogens is 238 g/mol. The number of aliphatic hydroxyl groups excluding tert-OH is 2. The Labute approximate surface area is 115 Å². The maximum Gasteiger partial charge on any atom is 0.0674 e. The number of aliphatic hydroxyl groups is 2. The van der Waals surface area contributed by atoms with Crippen molar-refractivity contribution in [3.8, 4) is 0 Å². The van der Waals surface area contributed by atoms with Gasteiger partial charge in [0.2, 0.25) is 0 Å². The molecule has 3 nitrogen and oxygen atoms in total. The van der Waals surface area contributed by atoms with E-state index in [1.807, 2.05) is 0 Å². The van der Waals surface area contributed by atoms with Crippen molar-refractivity contribution in [1.82, 2.24) is 4.90 Å². The second-order valence-corrected chi connectivity index (χ2v) is 8.32. The average Bonchev–Trinajstić information content (AvgIpc) is 2.62. The first-order valence-corrected chi connectivity index (χ1v) is 8.19. The molecule has 0 radical (unpaired) electrons. The normalized spacial score (nSPS) is 69.3. The number of piperidine rings is 2. The van der Waals surface area contributed by atoms with Crippen LogP contribution in [-0.2, 0) is 0 Å². The Kier molecular flexibility index (Phi) is 1.94.